The highest BCUT2D eigenvalue weighted by atomic mass is 32.2. The molecule has 5 rings (SSSR count). The first-order chi connectivity index (χ1) is 18.6. The minimum atomic E-state index is -4.02. The largest absolute Gasteiger partial charge is 0.493 e. The first kappa shape index (κ1) is 28.5. The SMILES string of the molecule is CCOc1cc2c(cc1OC)C(c1ccc(OC)nc1)=N[C@@H]1CC[C@@H](O)C[C@H]21.Cc1ccc(S(=O)(=O)O)cc1. The average Bonchev–Trinajstić information content (AvgIpc) is 2.93. The molecule has 1 aliphatic carbocycles. The number of aliphatic hydroxyl groups excluding tert-OH is 1. The molecule has 208 valence electrons. The van der Waals surface area contributed by atoms with Gasteiger partial charge in [-0.1, -0.05) is 17.7 Å². The molecule has 1 saturated carbocycles. The number of hydrogen-bond donors (Lipinski definition) is 2. The van der Waals surface area contributed by atoms with E-state index in [0.29, 0.717) is 24.7 Å². The van der Waals surface area contributed by atoms with Gasteiger partial charge in [-0.2, -0.15) is 8.42 Å². The number of ether oxygens (including phenoxy) is 3. The first-order valence-electron chi connectivity index (χ1n) is 12.8. The standard InChI is InChI=1S/C22H26N2O4.C7H8O3S/c1-4-28-20-10-15-16-9-14(25)6-7-18(16)24-22(17(15)11-19(20)26-2)13-5-8-21(27-3)23-12-13;1-6-2-4-7(5-3-6)11(8,9)10/h5,8,10-12,14,16,18,25H,4,6-7,9H2,1-3H3;2-5H,1H3,(H,8,9,10)/t14-,16-,18-;/m1./s1. The Bertz CT molecular complexity index is 1420. The zero-order chi connectivity index (χ0) is 28.2. The Hall–Kier alpha value is -3.47. The van der Waals surface area contributed by atoms with Gasteiger partial charge in [-0.25, -0.2) is 4.98 Å². The van der Waals surface area contributed by atoms with Crippen LogP contribution in [0.25, 0.3) is 0 Å². The van der Waals surface area contributed by atoms with Gasteiger partial charge in [0.2, 0.25) is 5.88 Å². The maximum Gasteiger partial charge on any atom is 0.294 e. The molecule has 2 heterocycles. The Labute approximate surface area is 229 Å². The van der Waals surface area contributed by atoms with E-state index in [-0.39, 0.29) is 23.0 Å². The lowest BCUT2D eigenvalue weighted by Gasteiger charge is -2.37. The fourth-order valence-corrected chi connectivity index (χ4v) is 5.43. The van der Waals surface area contributed by atoms with E-state index in [0.717, 1.165) is 46.6 Å². The second-order valence-corrected chi connectivity index (χ2v) is 10.9. The molecule has 9 nitrogen and oxygen atoms in total. The fourth-order valence-electron chi connectivity index (χ4n) is 4.95. The molecule has 0 radical (unpaired) electrons. The predicted molar refractivity (Wildman–Crippen MR) is 148 cm³/mol. The van der Waals surface area contributed by atoms with Crippen molar-refractivity contribution < 1.29 is 32.3 Å². The van der Waals surface area contributed by atoms with Crippen molar-refractivity contribution in [3.8, 4) is 17.4 Å². The molecule has 0 spiro atoms. The fraction of sp³-hybridized carbons (Fsp3) is 0.379. The summed E-state index contributed by atoms with van der Waals surface area (Å²) in [6, 6.07) is 14.0. The van der Waals surface area contributed by atoms with Crippen LogP contribution >= 0.6 is 0 Å². The van der Waals surface area contributed by atoms with E-state index in [2.05, 4.69) is 11.1 Å². The van der Waals surface area contributed by atoms with E-state index < -0.39 is 10.1 Å². The van der Waals surface area contributed by atoms with E-state index in [1.807, 2.05) is 32.0 Å². The van der Waals surface area contributed by atoms with E-state index in [1.54, 1.807) is 32.5 Å². The second-order valence-electron chi connectivity index (χ2n) is 9.52. The molecule has 0 saturated heterocycles. The van der Waals surface area contributed by atoms with Crippen LogP contribution in [-0.4, -0.2) is 61.7 Å². The van der Waals surface area contributed by atoms with Gasteiger partial charge in [0.1, 0.15) is 0 Å². The van der Waals surface area contributed by atoms with Crippen molar-refractivity contribution in [1.29, 1.82) is 0 Å². The second kappa shape index (κ2) is 12.1. The average molecular weight is 555 g/mol. The van der Waals surface area contributed by atoms with Gasteiger partial charge >= 0.3 is 0 Å². The van der Waals surface area contributed by atoms with Crippen molar-refractivity contribution in [3.63, 3.8) is 0 Å². The quantitative estimate of drug-likeness (QED) is 0.424. The van der Waals surface area contributed by atoms with Gasteiger partial charge in [-0.15, -0.1) is 0 Å². The predicted octanol–water partition coefficient (Wildman–Crippen LogP) is 4.59. The van der Waals surface area contributed by atoms with Gasteiger partial charge in [0.25, 0.3) is 10.1 Å². The molecule has 2 N–H and O–H groups in total. The molecule has 2 aliphatic rings. The highest BCUT2D eigenvalue weighted by Gasteiger charge is 2.37. The van der Waals surface area contributed by atoms with Crippen molar-refractivity contribution in [1.82, 2.24) is 4.98 Å². The van der Waals surface area contributed by atoms with E-state index >= 15 is 0 Å². The van der Waals surface area contributed by atoms with Gasteiger partial charge in [0, 0.05) is 29.3 Å². The molecule has 3 aromatic rings. The van der Waals surface area contributed by atoms with Crippen LogP contribution in [-0.2, 0) is 10.1 Å². The monoisotopic (exact) mass is 554 g/mol. The molecular formula is C29H34N2O7S. The van der Waals surface area contributed by atoms with Gasteiger partial charge in [-0.05, 0) is 69.0 Å². The smallest absolute Gasteiger partial charge is 0.294 e. The number of aliphatic imine (C=N–C) groups is 1. The normalized spacial score (nSPS) is 19.9. The first-order valence-corrected chi connectivity index (χ1v) is 14.2. The minimum Gasteiger partial charge on any atom is -0.493 e. The van der Waals surface area contributed by atoms with Crippen LogP contribution in [0.5, 0.6) is 17.4 Å². The van der Waals surface area contributed by atoms with Gasteiger partial charge < -0.3 is 19.3 Å². The molecule has 0 amide bonds. The van der Waals surface area contributed by atoms with E-state index in [4.69, 9.17) is 23.8 Å². The van der Waals surface area contributed by atoms with Crippen LogP contribution in [0, 0.1) is 6.92 Å². The molecule has 10 heteroatoms. The number of aromatic nitrogens is 1. The highest BCUT2D eigenvalue weighted by molar-refractivity contribution is 7.85. The summed E-state index contributed by atoms with van der Waals surface area (Å²) in [5.41, 5.74) is 4.98. The zero-order valence-corrected chi connectivity index (χ0v) is 23.3. The Morgan fingerprint density at radius 3 is 2.33 bits per heavy atom. The Morgan fingerprint density at radius 1 is 1.00 bits per heavy atom. The molecule has 3 atom stereocenters. The summed E-state index contributed by atoms with van der Waals surface area (Å²) < 4.78 is 46.1. The zero-order valence-electron chi connectivity index (χ0n) is 22.5. The van der Waals surface area contributed by atoms with Crippen molar-refractivity contribution in [3.05, 3.63) is 77.0 Å². The topological polar surface area (TPSA) is 128 Å². The summed E-state index contributed by atoms with van der Waals surface area (Å²) >= 11 is 0. The van der Waals surface area contributed by atoms with E-state index in [1.165, 1.54) is 12.1 Å². The van der Waals surface area contributed by atoms with Crippen LogP contribution in [0.4, 0.5) is 0 Å². The summed E-state index contributed by atoms with van der Waals surface area (Å²) in [5, 5.41) is 10.3. The van der Waals surface area contributed by atoms with Crippen LogP contribution in [0.3, 0.4) is 0 Å². The number of hydrogen-bond acceptors (Lipinski definition) is 8. The summed E-state index contributed by atoms with van der Waals surface area (Å²) in [6.45, 7) is 4.37. The van der Waals surface area contributed by atoms with Crippen LogP contribution in [0.1, 0.15) is 54.4 Å². The molecule has 1 aromatic heterocycles. The molecule has 0 bridgehead atoms. The highest BCUT2D eigenvalue weighted by Crippen LogP contribution is 2.45. The number of pyridine rings is 1. The number of rotatable bonds is 6. The Morgan fingerprint density at radius 2 is 1.74 bits per heavy atom. The molecular weight excluding hydrogens is 520 g/mol. The van der Waals surface area contributed by atoms with Crippen LogP contribution in [0.15, 0.2) is 64.6 Å². The number of fused-ring (bicyclic) bond motifs is 3. The van der Waals surface area contributed by atoms with Gasteiger partial charge in [0.05, 0.1) is 43.6 Å². The molecule has 1 aliphatic heterocycles. The van der Waals surface area contributed by atoms with Crippen LogP contribution < -0.4 is 14.2 Å². The number of nitrogens with zero attached hydrogens (tertiary/aromatic N) is 2. The van der Waals surface area contributed by atoms with Gasteiger partial charge in [0.15, 0.2) is 11.5 Å². The lowest BCUT2D eigenvalue weighted by Crippen LogP contribution is -2.34. The van der Waals surface area contributed by atoms with Crippen LogP contribution in [0.2, 0.25) is 0 Å². The molecule has 1 fully saturated rings. The third-order valence-electron chi connectivity index (χ3n) is 6.91. The van der Waals surface area contributed by atoms with Crippen molar-refractivity contribution in [2.75, 3.05) is 20.8 Å². The Balaban J connectivity index is 0.000000270. The van der Waals surface area contributed by atoms with Gasteiger partial charge in [-0.3, -0.25) is 9.55 Å². The maximum absolute atomic E-state index is 10.5. The van der Waals surface area contributed by atoms with Crippen molar-refractivity contribution in [2.24, 2.45) is 4.99 Å². The summed E-state index contributed by atoms with van der Waals surface area (Å²) in [7, 11) is -0.770. The lowest BCUT2D eigenvalue weighted by atomic mass is 9.74. The number of benzene rings is 2. The number of methoxy groups -OCH3 is 2. The van der Waals surface area contributed by atoms with Crippen molar-refractivity contribution >= 4 is 15.8 Å². The summed E-state index contributed by atoms with van der Waals surface area (Å²) in [6.07, 6.45) is 3.87. The lowest BCUT2D eigenvalue weighted by molar-refractivity contribution is 0.111. The molecule has 39 heavy (non-hydrogen) atoms. The number of aliphatic hydroxyl groups is 1. The van der Waals surface area contributed by atoms with Crippen molar-refractivity contribution in [2.45, 2.75) is 56.1 Å². The molecule has 0 unspecified atom stereocenters. The maximum atomic E-state index is 10.5. The minimum absolute atomic E-state index is 0.0666. The number of aryl methyl sites for hydroxylation is 1. The summed E-state index contributed by atoms with van der Waals surface area (Å²) in [4.78, 5) is 9.37. The third-order valence-corrected chi connectivity index (χ3v) is 7.78. The Kier molecular flexibility index (Phi) is 8.89. The molecule has 2 aromatic carbocycles. The van der Waals surface area contributed by atoms with E-state index in [9.17, 15) is 13.5 Å². The summed E-state index contributed by atoms with van der Waals surface area (Å²) in [5.74, 6) is 2.17. The third kappa shape index (κ3) is 6.58.